The number of hydrogen-bond acceptors (Lipinski definition) is 3. The van der Waals surface area contributed by atoms with Gasteiger partial charge in [-0.15, -0.1) is 0 Å². The first-order valence-corrected chi connectivity index (χ1v) is 6.49. The number of rotatable bonds is 6. The number of aryl methyl sites for hydroxylation is 1. The van der Waals surface area contributed by atoms with Crippen molar-refractivity contribution in [2.45, 2.75) is 33.2 Å². The van der Waals surface area contributed by atoms with E-state index in [9.17, 15) is 4.79 Å². The highest BCUT2D eigenvalue weighted by atomic mass is 79.9. The molecule has 0 amide bonds. The summed E-state index contributed by atoms with van der Waals surface area (Å²) in [6, 6.07) is 0. The van der Waals surface area contributed by atoms with E-state index in [1.165, 1.54) is 4.68 Å². The van der Waals surface area contributed by atoms with Gasteiger partial charge in [-0.3, -0.25) is 4.79 Å². The molecule has 1 aromatic heterocycles. The molecule has 0 aliphatic heterocycles. The summed E-state index contributed by atoms with van der Waals surface area (Å²) in [5, 5.41) is 7.25. The normalized spacial score (nSPS) is 10.3. The predicted octanol–water partition coefficient (Wildman–Crippen LogP) is 2.79. The van der Waals surface area contributed by atoms with Crippen molar-refractivity contribution in [3.8, 4) is 0 Å². The molecule has 0 unspecified atom stereocenters. The summed E-state index contributed by atoms with van der Waals surface area (Å²) in [6.45, 7) is 9.11. The zero-order valence-electron chi connectivity index (χ0n) is 10.3. The Kier molecular flexibility index (Phi) is 5.41. The molecule has 0 fully saturated rings. The SMILES string of the molecule is C=C(C)CNc1cnn(CCCC)c(=O)c1Br. The van der Waals surface area contributed by atoms with Crippen LogP contribution in [0, 0.1) is 0 Å². The Bertz CT molecular complexity index is 454. The third kappa shape index (κ3) is 4.00. The standard InChI is InChI=1S/C12H18BrN3O/c1-4-5-6-16-12(17)11(13)10(8-15-16)14-7-9(2)3/h8,14H,2,4-7H2,1,3H3. The van der Waals surface area contributed by atoms with Gasteiger partial charge < -0.3 is 5.32 Å². The van der Waals surface area contributed by atoms with Crippen molar-refractivity contribution in [1.29, 1.82) is 0 Å². The topological polar surface area (TPSA) is 46.9 Å². The van der Waals surface area contributed by atoms with Gasteiger partial charge in [-0.2, -0.15) is 5.10 Å². The molecule has 0 aromatic carbocycles. The van der Waals surface area contributed by atoms with Gasteiger partial charge in [-0.05, 0) is 29.3 Å². The third-order valence-electron chi connectivity index (χ3n) is 2.29. The van der Waals surface area contributed by atoms with Crippen molar-refractivity contribution in [2.24, 2.45) is 0 Å². The number of anilines is 1. The lowest BCUT2D eigenvalue weighted by Crippen LogP contribution is -2.24. The molecule has 5 heteroatoms. The van der Waals surface area contributed by atoms with E-state index in [4.69, 9.17) is 0 Å². The average molecular weight is 300 g/mol. The minimum absolute atomic E-state index is 0.0924. The summed E-state index contributed by atoms with van der Waals surface area (Å²) in [7, 11) is 0. The van der Waals surface area contributed by atoms with Crippen LogP contribution in [0.3, 0.4) is 0 Å². The first-order valence-electron chi connectivity index (χ1n) is 5.70. The maximum atomic E-state index is 11.9. The van der Waals surface area contributed by atoms with E-state index in [0.717, 1.165) is 18.4 Å². The molecule has 0 aliphatic rings. The van der Waals surface area contributed by atoms with Crippen LogP contribution >= 0.6 is 15.9 Å². The highest BCUT2D eigenvalue weighted by Crippen LogP contribution is 2.16. The fourth-order valence-corrected chi connectivity index (χ4v) is 1.75. The Morgan fingerprint density at radius 2 is 2.35 bits per heavy atom. The molecule has 1 aromatic rings. The van der Waals surface area contributed by atoms with Gasteiger partial charge in [0.2, 0.25) is 0 Å². The summed E-state index contributed by atoms with van der Waals surface area (Å²) in [5.41, 5.74) is 1.63. The molecule has 1 heterocycles. The highest BCUT2D eigenvalue weighted by Gasteiger charge is 2.07. The molecule has 0 radical (unpaired) electrons. The Morgan fingerprint density at radius 1 is 1.65 bits per heavy atom. The van der Waals surface area contributed by atoms with E-state index >= 15 is 0 Å². The summed E-state index contributed by atoms with van der Waals surface area (Å²) in [4.78, 5) is 11.9. The van der Waals surface area contributed by atoms with Gasteiger partial charge in [0.15, 0.2) is 0 Å². The number of aromatic nitrogens is 2. The Labute approximate surface area is 110 Å². The minimum atomic E-state index is -0.0924. The minimum Gasteiger partial charge on any atom is -0.379 e. The lowest BCUT2D eigenvalue weighted by atomic mass is 10.3. The Hall–Kier alpha value is -1.10. The van der Waals surface area contributed by atoms with Crippen molar-refractivity contribution in [2.75, 3.05) is 11.9 Å². The number of halogens is 1. The van der Waals surface area contributed by atoms with Crippen molar-refractivity contribution >= 4 is 21.6 Å². The molecule has 17 heavy (non-hydrogen) atoms. The molecule has 0 aliphatic carbocycles. The van der Waals surface area contributed by atoms with Gasteiger partial charge in [0, 0.05) is 13.1 Å². The van der Waals surface area contributed by atoms with Gasteiger partial charge in [0.05, 0.1) is 11.9 Å². The maximum Gasteiger partial charge on any atom is 0.283 e. The summed E-state index contributed by atoms with van der Waals surface area (Å²) in [5.74, 6) is 0. The predicted molar refractivity (Wildman–Crippen MR) is 74.4 cm³/mol. The monoisotopic (exact) mass is 299 g/mol. The van der Waals surface area contributed by atoms with E-state index < -0.39 is 0 Å². The van der Waals surface area contributed by atoms with Crippen LogP contribution in [0.2, 0.25) is 0 Å². The number of nitrogens with one attached hydrogen (secondary N) is 1. The largest absolute Gasteiger partial charge is 0.379 e. The van der Waals surface area contributed by atoms with Crippen LogP contribution in [-0.4, -0.2) is 16.3 Å². The zero-order valence-corrected chi connectivity index (χ0v) is 11.9. The van der Waals surface area contributed by atoms with Crippen LogP contribution in [0.4, 0.5) is 5.69 Å². The van der Waals surface area contributed by atoms with Gasteiger partial charge >= 0.3 is 0 Å². The van der Waals surface area contributed by atoms with Crippen LogP contribution in [0.25, 0.3) is 0 Å². The van der Waals surface area contributed by atoms with E-state index in [-0.39, 0.29) is 5.56 Å². The molecular formula is C12H18BrN3O. The van der Waals surface area contributed by atoms with Crippen LogP contribution < -0.4 is 10.9 Å². The van der Waals surface area contributed by atoms with Gasteiger partial charge in [-0.25, -0.2) is 4.68 Å². The first-order chi connectivity index (χ1) is 8.06. The smallest absolute Gasteiger partial charge is 0.283 e. The molecule has 0 saturated carbocycles. The number of nitrogens with zero attached hydrogens (tertiary/aromatic N) is 2. The Morgan fingerprint density at radius 3 is 2.94 bits per heavy atom. The van der Waals surface area contributed by atoms with E-state index in [0.29, 0.717) is 23.2 Å². The number of unbranched alkanes of at least 4 members (excludes halogenated alkanes) is 1. The Balaban J connectivity index is 2.86. The maximum absolute atomic E-state index is 11.9. The molecular weight excluding hydrogens is 282 g/mol. The summed E-state index contributed by atoms with van der Waals surface area (Å²) < 4.78 is 2.02. The second-order valence-corrected chi connectivity index (χ2v) is 4.86. The molecule has 1 rings (SSSR count). The molecule has 0 atom stereocenters. The fraction of sp³-hybridized carbons (Fsp3) is 0.500. The molecule has 0 saturated heterocycles. The van der Waals surface area contributed by atoms with Gasteiger partial charge in [-0.1, -0.05) is 25.5 Å². The average Bonchev–Trinajstić information content (AvgIpc) is 2.29. The van der Waals surface area contributed by atoms with Crippen LogP contribution in [0.1, 0.15) is 26.7 Å². The summed E-state index contributed by atoms with van der Waals surface area (Å²) >= 11 is 3.31. The molecule has 0 spiro atoms. The highest BCUT2D eigenvalue weighted by molar-refractivity contribution is 9.10. The van der Waals surface area contributed by atoms with E-state index in [1.54, 1.807) is 6.20 Å². The fourth-order valence-electron chi connectivity index (χ4n) is 1.30. The molecule has 4 nitrogen and oxygen atoms in total. The number of hydrogen-bond donors (Lipinski definition) is 1. The van der Waals surface area contributed by atoms with Gasteiger partial charge in [0.25, 0.3) is 5.56 Å². The van der Waals surface area contributed by atoms with E-state index in [2.05, 4.69) is 39.8 Å². The molecule has 0 bridgehead atoms. The lowest BCUT2D eigenvalue weighted by molar-refractivity contribution is 0.541. The third-order valence-corrected chi connectivity index (χ3v) is 3.06. The van der Waals surface area contributed by atoms with Crippen molar-refractivity contribution in [3.05, 3.63) is 33.2 Å². The van der Waals surface area contributed by atoms with Gasteiger partial charge in [0.1, 0.15) is 4.47 Å². The van der Waals surface area contributed by atoms with E-state index in [1.807, 2.05) is 6.92 Å². The first kappa shape index (κ1) is 14.0. The molecule has 1 N–H and O–H groups in total. The quantitative estimate of drug-likeness (QED) is 0.822. The molecule has 94 valence electrons. The van der Waals surface area contributed by atoms with Crippen LogP contribution in [0.5, 0.6) is 0 Å². The second-order valence-electron chi connectivity index (χ2n) is 4.06. The summed E-state index contributed by atoms with van der Waals surface area (Å²) in [6.07, 6.45) is 3.67. The second kappa shape index (κ2) is 6.59. The van der Waals surface area contributed by atoms with Crippen LogP contribution in [-0.2, 0) is 6.54 Å². The van der Waals surface area contributed by atoms with Crippen molar-refractivity contribution in [3.63, 3.8) is 0 Å². The zero-order chi connectivity index (χ0) is 12.8. The van der Waals surface area contributed by atoms with Crippen molar-refractivity contribution < 1.29 is 0 Å². The van der Waals surface area contributed by atoms with Crippen molar-refractivity contribution in [1.82, 2.24) is 9.78 Å². The lowest BCUT2D eigenvalue weighted by Gasteiger charge is -2.10. The van der Waals surface area contributed by atoms with Crippen LogP contribution in [0.15, 0.2) is 27.6 Å².